The van der Waals surface area contributed by atoms with Crippen molar-refractivity contribution in [2.75, 3.05) is 19.8 Å². The van der Waals surface area contributed by atoms with Gasteiger partial charge in [-0.25, -0.2) is 0 Å². The molecular formula is C18H37NO2. The topological polar surface area (TPSA) is 30.5 Å². The molecule has 1 N–H and O–H groups in total. The zero-order chi connectivity index (χ0) is 15.9. The van der Waals surface area contributed by atoms with E-state index in [1.807, 2.05) is 0 Å². The second-order valence-corrected chi connectivity index (χ2v) is 7.57. The first-order chi connectivity index (χ1) is 9.84. The lowest BCUT2D eigenvalue weighted by Gasteiger charge is -2.42. The minimum absolute atomic E-state index is 0.0238. The van der Waals surface area contributed by atoms with Gasteiger partial charge in [0, 0.05) is 12.6 Å². The Balaban J connectivity index is 2.47. The van der Waals surface area contributed by atoms with E-state index in [1.54, 1.807) is 0 Å². The molecule has 0 radical (unpaired) electrons. The highest BCUT2D eigenvalue weighted by molar-refractivity contribution is 4.90. The van der Waals surface area contributed by atoms with E-state index < -0.39 is 0 Å². The van der Waals surface area contributed by atoms with Gasteiger partial charge in [-0.3, -0.25) is 0 Å². The molecule has 0 atom stereocenters. The molecule has 21 heavy (non-hydrogen) atoms. The Kier molecular flexibility index (Phi) is 8.22. The van der Waals surface area contributed by atoms with Gasteiger partial charge in [-0.2, -0.15) is 0 Å². The molecule has 0 spiro atoms. The molecule has 0 saturated heterocycles. The maximum Gasteiger partial charge on any atom is 0.0807 e. The van der Waals surface area contributed by atoms with Gasteiger partial charge < -0.3 is 14.8 Å². The Morgan fingerprint density at radius 2 is 1.62 bits per heavy atom. The monoisotopic (exact) mass is 299 g/mol. The van der Waals surface area contributed by atoms with Crippen LogP contribution >= 0.6 is 0 Å². The summed E-state index contributed by atoms with van der Waals surface area (Å²) in [4.78, 5) is 0. The molecule has 1 fully saturated rings. The molecule has 0 aromatic heterocycles. The van der Waals surface area contributed by atoms with Crippen LogP contribution in [0.2, 0.25) is 0 Å². The van der Waals surface area contributed by atoms with Crippen LogP contribution in [0.5, 0.6) is 0 Å². The number of rotatable bonds is 9. The number of hydrogen-bond acceptors (Lipinski definition) is 3. The van der Waals surface area contributed by atoms with Crippen molar-refractivity contribution in [3.8, 4) is 0 Å². The SMILES string of the molecule is CC(C)NCC1(OCCOC(C)C)CCC(C(C)C)CC1. The molecule has 3 nitrogen and oxygen atoms in total. The van der Waals surface area contributed by atoms with Crippen molar-refractivity contribution in [1.29, 1.82) is 0 Å². The molecule has 0 aliphatic heterocycles. The first-order valence-electron chi connectivity index (χ1n) is 8.83. The molecule has 3 heteroatoms. The van der Waals surface area contributed by atoms with Crippen molar-refractivity contribution in [3.63, 3.8) is 0 Å². The van der Waals surface area contributed by atoms with Crippen LogP contribution in [-0.2, 0) is 9.47 Å². The smallest absolute Gasteiger partial charge is 0.0807 e. The predicted molar refractivity (Wildman–Crippen MR) is 89.7 cm³/mol. The van der Waals surface area contributed by atoms with Gasteiger partial charge in [0.2, 0.25) is 0 Å². The summed E-state index contributed by atoms with van der Waals surface area (Å²) in [5, 5.41) is 3.58. The zero-order valence-electron chi connectivity index (χ0n) is 15.1. The van der Waals surface area contributed by atoms with Crippen LogP contribution < -0.4 is 5.32 Å². The van der Waals surface area contributed by atoms with Gasteiger partial charge in [-0.1, -0.05) is 27.7 Å². The van der Waals surface area contributed by atoms with E-state index in [2.05, 4.69) is 46.9 Å². The Bertz CT molecular complexity index is 268. The second kappa shape index (κ2) is 9.12. The van der Waals surface area contributed by atoms with Gasteiger partial charge in [-0.15, -0.1) is 0 Å². The summed E-state index contributed by atoms with van der Waals surface area (Å²) in [5.74, 6) is 1.66. The lowest BCUT2D eigenvalue weighted by atomic mass is 9.74. The van der Waals surface area contributed by atoms with Crippen molar-refractivity contribution in [1.82, 2.24) is 5.32 Å². The van der Waals surface area contributed by atoms with Gasteiger partial charge in [0.1, 0.15) is 0 Å². The van der Waals surface area contributed by atoms with E-state index in [4.69, 9.17) is 9.47 Å². The van der Waals surface area contributed by atoms with Crippen LogP contribution in [0.4, 0.5) is 0 Å². The van der Waals surface area contributed by atoms with Gasteiger partial charge in [-0.05, 0) is 51.4 Å². The Morgan fingerprint density at radius 3 is 2.10 bits per heavy atom. The summed E-state index contributed by atoms with van der Waals surface area (Å²) in [7, 11) is 0. The third-order valence-electron chi connectivity index (χ3n) is 4.66. The summed E-state index contributed by atoms with van der Waals surface area (Å²) in [6, 6.07) is 0.514. The molecule has 0 aromatic rings. The Hall–Kier alpha value is -0.120. The first kappa shape index (κ1) is 18.9. The quantitative estimate of drug-likeness (QED) is 0.653. The Morgan fingerprint density at radius 1 is 1.00 bits per heavy atom. The molecule has 0 bridgehead atoms. The molecular weight excluding hydrogens is 262 g/mol. The standard InChI is InChI=1S/C18H37NO2/c1-14(2)17-7-9-18(10-8-17,13-19-15(3)4)21-12-11-20-16(5)6/h14-17,19H,7-13H2,1-6H3. The maximum absolute atomic E-state index is 6.31. The van der Waals surface area contributed by atoms with Crippen molar-refractivity contribution in [3.05, 3.63) is 0 Å². The normalized spacial score (nSPS) is 27.0. The first-order valence-corrected chi connectivity index (χ1v) is 8.83. The van der Waals surface area contributed by atoms with E-state index >= 15 is 0 Å². The van der Waals surface area contributed by atoms with Crippen LogP contribution in [0.15, 0.2) is 0 Å². The predicted octanol–water partition coefficient (Wildman–Crippen LogP) is 4.01. The van der Waals surface area contributed by atoms with Crippen molar-refractivity contribution in [2.45, 2.75) is 85.0 Å². The Labute approximate surface area is 132 Å². The molecule has 0 unspecified atom stereocenters. The fourth-order valence-electron chi connectivity index (χ4n) is 3.14. The van der Waals surface area contributed by atoms with E-state index in [9.17, 15) is 0 Å². The summed E-state index contributed by atoms with van der Waals surface area (Å²) >= 11 is 0. The van der Waals surface area contributed by atoms with Crippen molar-refractivity contribution in [2.24, 2.45) is 11.8 Å². The number of hydrogen-bond donors (Lipinski definition) is 1. The minimum Gasteiger partial charge on any atom is -0.376 e. The van der Waals surface area contributed by atoms with E-state index in [-0.39, 0.29) is 11.7 Å². The fraction of sp³-hybridized carbons (Fsp3) is 1.00. The van der Waals surface area contributed by atoms with Gasteiger partial charge >= 0.3 is 0 Å². The average Bonchev–Trinajstić information content (AvgIpc) is 2.42. The summed E-state index contributed by atoms with van der Waals surface area (Å²) in [5.41, 5.74) is 0.0238. The molecule has 1 aliphatic rings. The molecule has 1 aliphatic carbocycles. The molecule has 1 rings (SSSR count). The molecule has 0 aromatic carbocycles. The number of ether oxygens (including phenoxy) is 2. The highest BCUT2D eigenvalue weighted by atomic mass is 16.5. The maximum atomic E-state index is 6.31. The minimum atomic E-state index is 0.0238. The van der Waals surface area contributed by atoms with E-state index in [0.717, 1.165) is 18.4 Å². The highest BCUT2D eigenvalue weighted by Gasteiger charge is 2.36. The van der Waals surface area contributed by atoms with Crippen LogP contribution in [0, 0.1) is 11.8 Å². The lowest BCUT2D eigenvalue weighted by Crippen LogP contribution is -2.48. The van der Waals surface area contributed by atoms with Crippen LogP contribution in [0.25, 0.3) is 0 Å². The average molecular weight is 299 g/mol. The van der Waals surface area contributed by atoms with Gasteiger partial charge in [0.05, 0.1) is 24.9 Å². The summed E-state index contributed by atoms with van der Waals surface area (Å²) < 4.78 is 11.9. The number of nitrogens with one attached hydrogen (secondary N) is 1. The summed E-state index contributed by atoms with van der Waals surface area (Å²) in [6.07, 6.45) is 5.23. The van der Waals surface area contributed by atoms with Crippen LogP contribution in [0.1, 0.15) is 67.2 Å². The van der Waals surface area contributed by atoms with Crippen LogP contribution in [0.3, 0.4) is 0 Å². The van der Waals surface area contributed by atoms with Crippen molar-refractivity contribution < 1.29 is 9.47 Å². The fourth-order valence-corrected chi connectivity index (χ4v) is 3.14. The van der Waals surface area contributed by atoms with E-state index in [1.165, 1.54) is 25.7 Å². The van der Waals surface area contributed by atoms with Crippen molar-refractivity contribution >= 4 is 0 Å². The van der Waals surface area contributed by atoms with Gasteiger partial charge in [0.15, 0.2) is 0 Å². The lowest BCUT2D eigenvalue weighted by molar-refractivity contribution is -0.100. The van der Waals surface area contributed by atoms with E-state index in [0.29, 0.717) is 19.3 Å². The largest absolute Gasteiger partial charge is 0.376 e. The van der Waals surface area contributed by atoms with Crippen LogP contribution in [-0.4, -0.2) is 37.5 Å². The molecule has 126 valence electrons. The third-order valence-corrected chi connectivity index (χ3v) is 4.66. The molecule has 1 saturated carbocycles. The molecule has 0 amide bonds. The second-order valence-electron chi connectivity index (χ2n) is 7.57. The highest BCUT2D eigenvalue weighted by Crippen LogP contribution is 2.37. The molecule has 0 heterocycles. The summed E-state index contributed by atoms with van der Waals surface area (Å²) in [6.45, 7) is 15.6. The van der Waals surface area contributed by atoms with Gasteiger partial charge in [0.25, 0.3) is 0 Å². The zero-order valence-corrected chi connectivity index (χ0v) is 15.1. The third kappa shape index (κ3) is 7.12.